The summed E-state index contributed by atoms with van der Waals surface area (Å²) in [5, 5.41) is 0. The third-order valence-corrected chi connectivity index (χ3v) is 3.19. The van der Waals surface area contributed by atoms with Crippen LogP contribution >= 0.6 is 0 Å². The number of nitrogens with zero attached hydrogens (tertiary/aromatic N) is 1. The highest BCUT2D eigenvalue weighted by Crippen LogP contribution is 2.39. The summed E-state index contributed by atoms with van der Waals surface area (Å²) in [4.78, 5) is 2.30. The summed E-state index contributed by atoms with van der Waals surface area (Å²) in [7, 11) is 2.14. The van der Waals surface area contributed by atoms with Crippen LogP contribution in [0.25, 0.3) is 0 Å². The summed E-state index contributed by atoms with van der Waals surface area (Å²) in [6.45, 7) is 1.24. The zero-order chi connectivity index (χ0) is 7.14. The van der Waals surface area contributed by atoms with Gasteiger partial charge in [0.15, 0.2) is 0 Å². The van der Waals surface area contributed by atoms with Gasteiger partial charge in [0.05, 0.1) is 6.17 Å². The minimum absolute atomic E-state index is 0.368. The van der Waals surface area contributed by atoms with Crippen LogP contribution in [0.5, 0.6) is 0 Å². The maximum Gasteiger partial charge on any atom is 0.0601 e. The van der Waals surface area contributed by atoms with Crippen molar-refractivity contribution in [1.29, 1.82) is 0 Å². The maximum absolute atomic E-state index is 5.99. The second-order valence-corrected chi connectivity index (χ2v) is 3.79. The highest BCUT2D eigenvalue weighted by atomic mass is 15.2. The van der Waals surface area contributed by atoms with Crippen LogP contribution < -0.4 is 5.73 Å². The Balaban J connectivity index is 2.09. The quantitative estimate of drug-likeness (QED) is 0.535. The zero-order valence-electron chi connectivity index (χ0n) is 6.59. The Hall–Kier alpha value is -0.0800. The molecule has 2 rings (SSSR count). The molecule has 3 unspecified atom stereocenters. The van der Waals surface area contributed by atoms with Gasteiger partial charge in [-0.1, -0.05) is 6.42 Å². The van der Waals surface area contributed by atoms with E-state index in [9.17, 15) is 0 Å². The number of nitrogens with two attached hydrogens (primary N) is 1. The molecule has 0 spiro atoms. The van der Waals surface area contributed by atoms with E-state index in [0.717, 1.165) is 11.8 Å². The van der Waals surface area contributed by atoms with Crippen molar-refractivity contribution in [1.82, 2.24) is 4.90 Å². The topological polar surface area (TPSA) is 29.3 Å². The lowest BCUT2D eigenvalue weighted by Crippen LogP contribution is -2.37. The molecule has 58 valence electrons. The van der Waals surface area contributed by atoms with Crippen molar-refractivity contribution >= 4 is 0 Å². The van der Waals surface area contributed by atoms with Gasteiger partial charge in [0.1, 0.15) is 0 Å². The molecule has 0 aromatic heterocycles. The molecular formula is C8H16N2. The molecule has 0 bridgehead atoms. The zero-order valence-corrected chi connectivity index (χ0v) is 6.59. The third kappa shape index (κ3) is 0.789. The fraction of sp³-hybridized carbons (Fsp3) is 1.00. The van der Waals surface area contributed by atoms with Crippen LogP contribution in [0.2, 0.25) is 0 Å². The second-order valence-electron chi connectivity index (χ2n) is 3.79. The van der Waals surface area contributed by atoms with E-state index in [1.165, 1.54) is 25.8 Å². The standard InChI is InChI=1S/C8H16N2/c1-10-5-6-3-2-4-7(6)8(10)9/h6-8H,2-5,9H2,1H3. The first-order valence-corrected chi connectivity index (χ1v) is 4.25. The summed E-state index contributed by atoms with van der Waals surface area (Å²) in [5.74, 6) is 1.75. The van der Waals surface area contributed by atoms with Gasteiger partial charge in [0, 0.05) is 6.54 Å². The number of rotatable bonds is 0. The molecule has 2 fully saturated rings. The smallest absolute Gasteiger partial charge is 0.0601 e. The highest BCUT2D eigenvalue weighted by molar-refractivity contribution is 4.91. The Morgan fingerprint density at radius 3 is 2.90 bits per heavy atom. The molecule has 3 atom stereocenters. The molecule has 1 saturated carbocycles. The number of fused-ring (bicyclic) bond motifs is 1. The average molecular weight is 140 g/mol. The molecule has 1 aliphatic carbocycles. The van der Waals surface area contributed by atoms with Crippen molar-refractivity contribution in [3.05, 3.63) is 0 Å². The summed E-state index contributed by atoms with van der Waals surface area (Å²) >= 11 is 0. The lowest BCUT2D eigenvalue weighted by atomic mass is 9.99. The van der Waals surface area contributed by atoms with Crippen LogP contribution in [0.15, 0.2) is 0 Å². The summed E-state index contributed by atoms with van der Waals surface area (Å²) in [5.41, 5.74) is 5.99. The molecule has 1 aliphatic heterocycles. The van der Waals surface area contributed by atoms with Gasteiger partial charge in [0.25, 0.3) is 0 Å². The molecule has 0 aromatic rings. The van der Waals surface area contributed by atoms with E-state index in [-0.39, 0.29) is 0 Å². The van der Waals surface area contributed by atoms with Gasteiger partial charge in [-0.2, -0.15) is 0 Å². The predicted molar refractivity (Wildman–Crippen MR) is 41.4 cm³/mol. The fourth-order valence-corrected chi connectivity index (χ4v) is 2.56. The summed E-state index contributed by atoms with van der Waals surface area (Å²) in [6.07, 6.45) is 4.57. The minimum atomic E-state index is 0.368. The molecule has 0 radical (unpaired) electrons. The van der Waals surface area contributed by atoms with Crippen LogP contribution in [0, 0.1) is 11.8 Å². The Morgan fingerprint density at radius 1 is 1.40 bits per heavy atom. The van der Waals surface area contributed by atoms with Gasteiger partial charge < -0.3 is 5.73 Å². The van der Waals surface area contributed by atoms with Gasteiger partial charge in [-0.15, -0.1) is 0 Å². The first kappa shape index (κ1) is 6.62. The third-order valence-electron chi connectivity index (χ3n) is 3.19. The van der Waals surface area contributed by atoms with E-state index in [4.69, 9.17) is 5.73 Å². The first-order valence-electron chi connectivity index (χ1n) is 4.25. The van der Waals surface area contributed by atoms with Crippen LogP contribution in [-0.2, 0) is 0 Å². The van der Waals surface area contributed by atoms with Gasteiger partial charge in [-0.05, 0) is 31.7 Å². The van der Waals surface area contributed by atoms with E-state index in [0.29, 0.717) is 6.17 Å². The molecule has 1 saturated heterocycles. The molecule has 10 heavy (non-hydrogen) atoms. The molecule has 2 aliphatic rings. The maximum atomic E-state index is 5.99. The minimum Gasteiger partial charge on any atom is -0.315 e. The van der Waals surface area contributed by atoms with Crippen molar-refractivity contribution in [2.75, 3.05) is 13.6 Å². The largest absolute Gasteiger partial charge is 0.315 e. The molecule has 0 aromatic carbocycles. The van der Waals surface area contributed by atoms with Crippen molar-refractivity contribution in [2.24, 2.45) is 17.6 Å². The Morgan fingerprint density at radius 2 is 2.20 bits per heavy atom. The molecular weight excluding hydrogens is 124 g/mol. The van der Waals surface area contributed by atoms with Crippen LogP contribution in [-0.4, -0.2) is 24.7 Å². The Kier molecular flexibility index (Phi) is 1.46. The molecule has 2 N–H and O–H groups in total. The normalized spacial score (nSPS) is 48.0. The Bertz CT molecular complexity index is 133. The van der Waals surface area contributed by atoms with Crippen LogP contribution in [0.4, 0.5) is 0 Å². The van der Waals surface area contributed by atoms with E-state index in [1.807, 2.05) is 0 Å². The molecule has 2 heteroatoms. The predicted octanol–water partition coefficient (Wildman–Crippen LogP) is 0.633. The van der Waals surface area contributed by atoms with Crippen molar-refractivity contribution in [3.8, 4) is 0 Å². The lowest BCUT2D eigenvalue weighted by molar-refractivity contribution is 0.273. The Labute approximate surface area is 62.4 Å². The van der Waals surface area contributed by atoms with Crippen LogP contribution in [0.1, 0.15) is 19.3 Å². The number of hydrogen-bond acceptors (Lipinski definition) is 2. The second kappa shape index (κ2) is 2.21. The fourth-order valence-electron chi connectivity index (χ4n) is 2.56. The first-order chi connectivity index (χ1) is 4.79. The van der Waals surface area contributed by atoms with Gasteiger partial charge in [0.2, 0.25) is 0 Å². The van der Waals surface area contributed by atoms with Crippen LogP contribution in [0.3, 0.4) is 0 Å². The molecule has 1 heterocycles. The van der Waals surface area contributed by atoms with E-state index < -0.39 is 0 Å². The SMILES string of the molecule is CN1CC2CCCC2C1N. The highest BCUT2D eigenvalue weighted by Gasteiger charge is 2.40. The van der Waals surface area contributed by atoms with Crippen molar-refractivity contribution in [3.63, 3.8) is 0 Å². The number of likely N-dealkylation sites (tertiary alicyclic amines) is 1. The van der Waals surface area contributed by atoms with Crippen molar-refractivity contribution < 1.29 is 0 Å². The average Bonchev–Trinajstić information content (AvgIpc) is 2.41. The summed E-state index contributed by atoms with van der Waals surface area (Å²) in [6, 6.07) is 0. The van der Waals surface area contributed by atoms with Crippen molar-refractivity contribution in [2.45, 2.75) is 25.4 Å². The molecule has 2 nitrogen and oxygen atoms in total. The van der Waals surface area contributed by atoms with Gasteiger partial charge >= 0.3 is 0 Å². The lowest BCUT2D eigenvalue weighted by Gasteiger charge is -2.18. The monoisotopic (exact) mass is 140 g/mol. The molecule has 0 amide bonds. The van der Waals surface area contributed by atoms with E-state index in [2.05, 4.69) is 11.9 Å². The van der Waals surface area contributed by atoms with E-state index >= 15 is 0 Å². The van der Waals surface area contributed by atoms with Gasteiger partial charge in [-0.25, -0.2) is 0 Å². The summed E-state index contributed by atoms with van der Waals surface area (Å²) < 4.78 is 0. The van der Waals surface area contributed by atoms with E-state index in [1.54, 1.807) is 0 Å². The van der Waals surface area contributed by atoms with Gasteiger partial charge in [-0.3, -0.25) is 4.90 Å². The number of hydrogen-bond donors (Lipinski definition) is 1.